The molecule has 3 aromatic rings. The molecule has 6 nitrogen and oxygen atoms in total. The van der Waals surface area contributed by atoms with Crippen LogP contribution in [0.5, 0.6) is 17.2 Å². The Kier molecular flexibility index (Phi) is 4.87. The fourth-order valence-electron chi connectivity index (χ4n) is 4.64. The molecule has 6 heteroatoms. The van der Waals surface area contributed by atoms with E-state index in [0.717, 1.165) is 18.7 Å². The van der Waals surface area contributed by atoms with Gasteiger partial charge in [0.25, 0.3) is 0 Å². The van der Waals surface area contributed by atoms with Crippen LogP contribution in [-0.2, 0) is 6.54 Å². The summed E-state index contributed by atoms with van der Waals surface area (Å²) in [5.74, 6) is 2.16. The van der Waals surface area contributed by atoms with Crippen LogP contribution < -0.4 is 19.8 Å². The molecule has 2 atom stereocenters. The van der Waals surface area contributed by atoms with Gasteiger partial charge in [-0.25, -0.2) is 0 Å². The highest BCUT2D eigenvalue weighted by Crippen LogP contribution is 2.34. The Bertz CT molecular complexity index is 1150. The van der Waals surface area contributed by atoms with Gasteiger partial charge in [-0.3, -0.25) is 4.79 Å². The molecular weight excluding hydrogens is 382 g/mol. The van der Waals surface area contributed by atoms with Crippen LogP contribution in [0.15, 0.2) is 45.8 Å². The van der Waals surface area contributed by atoms with Crippen molar-refractivity contribution in [2.45, 2.75) is 26.3 Å². The van der Waals surface area contributed by atoms with Gasteiger partial charge in [0.1, 0.15) is 37.4 Å². The van der Waals surface area contributed by atoms with Crippen LogP contribution in [0.3, 0.4) is 0 Å². The van der Waals surface area contributed by atoms with Crippen molar-refractivity contribution in [1.29, 1.82) is 0 Å². The van der Waals surface area contributed by atoms with E-state index in [9.17, 15) is 9.90 Å². The third-order valence-electron chi connectivity index (χ3n) is 6.16. The molecular formula is C24H26NO5+. The predicted molar refractivity (Wildman–Crippen MR) is 113 cm³/mol. The van der Waals surface area contributed by atoms with Crippen LogP contribution in [0.2, 0.25) is 0 Å². The molecule has 5 rings (SSSR count). The van der Waals surface area contributed by atoms with Gasteiger partial charge in [-0.05, 0) is 42.7 Å². The largest absolute Gasteiger partial charge is 0.507 e. The highest BCUT2D eigenvalue weighted by atomic mass is 16.6. The number of nitrogens with one attached hydrogen (secondary N) is 1. The molecule has 30 heavy (non-hydrogen) atoms. The standard InChI is InChI=1S/C24H25NO5/c1-15-3-2-8-25(12-15)13-18-20(26)6-5-17-23(27)19(14-30-24(17)18)16-4-7-21-22(11-16)29-10-9-28-21/h4-7,11,14-15,26H,2-3,8-10,12-13H2,1H3/p+1/t15-/m0/s1. The van der Waals surface area contributed by atoms with Crippen molar-refractivity contribution < 1.29 is 23.9 Å². The Labute approximate surface area is 174 Å². The maximum absolute atomic E-state index is 13.3. The lowest BCUT2D eigenvalue weighted by Gasteiger charge is -2.28. The highest BCUT2D eigenvalue weighted by molar-refractivity contribution is 5.85. The number of aromatic hydroxyl groups is 1. The number of hydrogen-bond donors (Lipinski definition) is 2. The van der Waals surface area contributed by atoms with Crippen molar-refractivity contribution in [2.75, 3.05) is 26.3 Å². The van der Waals surface area contributed by atoms with Crippen molar-refractivity contribution in [1.82, 2.24) is 0 Å². The van der Waals surface area contributed by atoms with E-state index in [1.807, 2.05) is 18.2 Å². The molecule has 1 aromatic heterocycles. The zero-order valence-corrected chi connectivity index (χ0v) is 17.1. The lowest BCUT2D eigenvalue weighted by atomic mass is 9.99. The zero-order chi connectivity index (χ0) is 20.7. The number of quaternary nitrogens is 1. The average molecular weight is 408 g/mol. The summed E-state index contributed by atoms with van der Waals surface area (Å²) in [5, 5.41) is 11.0. The van der Waals surface area contributed by atoms with Gasteiger partial charge in [0.05, 0.1) is 29.6 Å². The van der Waals surface area contributed by atoms with E-state index in [1.54, 1.807) is 12.1 Å². The molecule has 2 aliphatic rings. The summed E-state index contributed by atoms with van der Waals surface area (Å²) in [6, 6.07) is 8.72. The van der Waals surface area contributed by atoms with Gasteiger partial charge in [-0.1, -0.05) is 13.0 Å². The zero-order valence-electron chi connectivity index (χ0n) is 17.1. The van der Waals surface area contributed by atoms with E-state index < -0.39 is 0 Å². The molecule has 1 saturated heterocycles. The van der Waals surface area contributed by atoms with E-state index in [0.29, 0.717) is 59.3 Å². The number of phenolic OH excluding ortho intramolecular Hbond substituents is 1. The first-order valence-corrected chi connectivity index (χ1v) is 10.6. The van der Waals surface area contributed by atoms with Gasteiger partial charge in [0.15, 0.2) is 11.5 Å². The molecule has 1 fully saturated rings. The van der Waals surface area contributed by atoms with Gasteiger partial charge in [0.2, 0.25) is 5.43 Å². The summed E-state index contributed by atoms with van der Waals surface area (Å²) in [6.45, 7) is 6.06. The first-order valence-electron chi connectivity index (χ1n) is 10.6. The number of ether oxygens (including phenoxy) is 2. The second-order valence-corrected chi connectivity index (χ2v) is 8.41. The van der Waals surface area contributed by atoms with Crippen LogP contribution in [0.1, 0.15) is 25.3 Å². The van der Waals surface area contributed by atoms with Crippen LogP contribution in [0.25, 0.3) is 22.1 Å². The van der Waals surface area contributed by atoms with E-state index in [1.165, 1.54) is 24.0 Å². The van der Waals surface area contributed by atoms with E-state index in [-0.39, 0.29) is 11.2 Å². The monoisotopic (exact) mass is 408 g/mol. The van der Waals surface area contributed by atoms with Gasteiger partial charge in [-0.15, -0.1) is 0 Å². The fraction of sp³-hybridized carbons (Fsp3) is 0.375. The number of fused-ring (bicyclic) bond motifs is 2. The summed E-state index contributed by atoms with van der Waals surface area (Å²) in [7, 11) is 0. The average Bonchev–Trinajstić information content (AvgIpc) is 2.76. The number of likely N-dealkylation sites (tertiary alicyclic amines) is 1. The summed E-state index contributed by atoms with van der Waals surface area (Å²) in [6.07, 6.45) is 3.92. The molecule has 0 saturated carbocycles. The molecule has 156 valence electrons. The lowest BCUT2D eigenvalue weighted by molar-refractivity contribution is -0.922. The second-order valence-electron chi connectivity index (χ2n) is 8.41. The number of benzene rings is 2. The van der Waals surface area contributed by atoms with Crippen molar-refractivity contribution in [3.05, 3.63) is 52.4 Å². The quantitative estimate of drug-likeness (QED) is 0.697. The third-order valence-corrected chi connectivity index (χ3v) is 6.16. The molecule has 1 unspecified atom stereocenters. The van der Waals surface area contributed by atoms with Crippen molar-refractivity contribution in [3.63, 3.8) is 0 Å². The first-order chi connectivity index (χ1) is 14.6. The molecule has 0 amide bonds. The summed E-state index contributed by atoms with van der Waals surface area (Å²) >= 11 is 0. The highest BCUT2D eigenvalue weighted by Gasteiger charge is 2.24. The Morgan fingerprint density at radius 1 is 1.13 bits per heavy atom. The summed E-state index contributed by atoms with van der Waals surface area (Å²) in [4.78, 5) is 14.7. The minimum Gasteiger partial charge on any atom is -0.507 e. The Hall–Kier alpha value is -2.99. The smallest absolute Gasteiger partial charge is 0.200 e. The molecule has 2 aromatic carbocycles. The SMILES string of the molecule is C[C@H]1CCC[NH+](Cc2c(O)ccc3c(=O)c(-c4ccc5c(c4)OCCO5)coc23)C1. The number of rotatable bonds is 3. The molecule has 0 spiro atoms. The van der Waals surface area contributed by atoms with E-state index in [2.05, 4.69) is 6.92 Å². The Morgan fingerprint density at radius 2 is 1.97 bits per heavy atom. The normalized spacial score (nSPS) is 21.0. The van der Waals surface area contributed by atoms with Gasteiger partial charge < -0.3 is 23.9 Å². The van der Waals surface area contributed by atoms with Crippen LogP contribution in [0, 0.1) is 5.92 Å². The number of piperidine rings is 1. The molecule has 2 N–H and O–H groups in total. The topological polar surface area (TPSA) is 73.3 Å². The van der Waals surface area contributed by atoms with Crippen LogP contribution in [-0.4, -0.2) is 31.4 Å². The van der Waals surface area contributed by atoms with Gasteiger partial charge in [-0.2, -0.15) is 0 Å². The first kappa shape index (κ1) is 19.0. The summed E-state index contributed by atoms with van der Waals surface area (Å²) < 4.78 is 17.2. The van der Waals surface area contributed by atoms with E-state index >= 15 is 0 Å². The maximum Gasteiger partial charge on any atom is 0.200 e. The predicted octanol–water partition coefficient (Wildman–Crippen LogP) is 2.75. The van der Waals surface area contributed by atoms with Crippen molar-refractivity contribution in [2.24, 2.45) is 5.92 Å². The number of phenols is 1. The maximum atomic E-state index is 13.3. The van der Waals surface area contributed by atoms with Gasteiger partial charge in [0, 0.05) is 5.92 Å². The molecule has 0 aliphatic carbocycles. The molecule has 0 bridgehead atoms. The van der Waals surface area contributed by atoms with Gasteiger partial charge >= 0.3 is 0 Å². The van der Waals surface area contributed by atoms with Crippen LogP contribution in [0.4, 0.5) is 0 Å². The number of hydrogen-bond acceptors (Lipinski definition) is 5. The fourth-order valence-corrected chi connectivity index (χ4v) is 4.64. The lowest BCUT2D eigenvalue weighted by Crippen LogP contribution is -3.12. The van der Waals surface area contributed by atoms with E-state index in [4.69, 9.17) is 13.9 Å². The van der Waals surface area contributed by atoms with Crippen molar-refractivity contribution >= 4 is 11.0 Å². The summed E-state index contributed by atoms with van der Waals surface area (Å²) in [5.41, 5.74) is 2.26. The van der Waals surface area contributed by atoms with Crippen LogP contribution >= 0.6 is 0 Å². The van der Waals surface area contributed by atoms with Crippen molar-refractivity contribution in [3.8, 4) is 28.4 Å². The molecule has 3 heterocycles. The minimum atomic E-state index is -0.115. The second kappa shape index (κ2) is 7.69. The molecule has 0 radical (unpaired) electrons. The third kappa shape index (κ3) is 3.41. The Morgan fingerprint density at radius 3 is 2.80 bits per heavy atom. The minimum absolute atomic E-state index is 0.115. The Balaban J connectivity index is 1.55. The molecule has 2 aliphatic heterocycles.